The molecule has 4 rings (SSSR count). The van der Waals surface area contributed by atoms with Crippen LogP contribution in [0.5, 0.6) is 0 Å². The molecule has 0 unspecified atom stereocenters. The number of thiophene rings is 1. The molecule has 0 bridgehead atoms. The molecule has 0 saturated carbocycles. The Balaban J connectivity index is 1.39. The minimum Gasteiger partial charge on any atom is -0.347 e. The maximum atomic E-state index is 13.1. The molecule has 30 heavy (non-hydrogen) atoms. The summed E-state index contributed by atoms with van der Waals surface area (Å²) in [5.74, 6) is -0.428. The minimum atomic E-state index is -0.287. The van der Waals surface area contributed by atoms with E-state index in [4.69, 9.17) is 0 Å². The summed E-state index contributed by atoms with van der Waals surface area (Å²) in [7, 11) is 0. The second-order valence-corrected chi connectivity index (χ2v) is 8.18. The minimum absolute atomic E-state index is 0.0829. The van der Waals surface area contributed by atoms with Crippen LogP contribution in [0.15, 0.2) is 66.0 Å². The second kappa shape index (κ2) is 9.09. The molecule has 3 aromatic rings. The summed E-state index contributed by atoms with van der Waals surface area (Å²) in [6.07, 6.45) is 0.843. The van der Waals surface area contributed by atoms with E-state index >= 15 is 0 Å². The molecule has 5 nitrogen and oxygen atoms in total. The third-order valence-corrected chi connectivity index (χ3v) is 5.92. The van der Waals surface area contributed by atoms with Gasteiger partial charge in [-0.05, 0) is 59.8 Å². The molecule has 154 valence electrons. The fraction of sp³-hybridized carbons (Fsp3) is 0.217. The van der Waals surface area contributed by atoms with Crippen LogP contribution in [0.2, 0.25) is 0 Å². The van der Waals surface area contributed by atoms with Crippen LogP contribution in [0.25, 0.3) is 0 Å². The van der Waals surface area contributed by atoms with Crippen molar-refractivity contribution in [1.82, 2.24) is 10.2 Å². The molecule has 2 aromatic carbocycles. The number of amides is 3. The van der Waals surface area contributed by atoms with Crippen LogP contribution in [0.4, 0.5) is 14.9 Å². The maximum Gasteiger partial charge on any atom is 0.324 e. The van der Waals surface area contributed by atoms with E-state index in [1.807, 2.05) is 17.5 Å². The monoisotopic (exact) mass is 423 g/mol. The van der Waals surface area contributed by atoms with Gasteiger partial charge in [0, 0.05) is 35.8 Å². The first kappa shape index (κ1) is 20.1. The van der Waals surface area contributed by atoms with Crippen molar-refractivity contribution in [2.45, 2.75) is 19.5 Å². The number of urea groups is 1. The molecule has 1 aliphatic heterocycles. The van der Waals surface area contributed by atoms with Gasteiger partial charge in [0.05, 0.1) is 6.54 Å². The highest BCUT2D eigenvalue weighted by molar-refractivity contribution is 7.09. The van der Waals surface area contributed by atoms with Gasteiger partial charge in [-0.25, -0.2) is 9.18 Å². The average molecular weight is 424 g/mol. The molecule has 1 saturated heterocycles. The normalized spacial score (nSPS) is 14.1. The van der Waals surface area contributed by atoms with Gasteiger partial charge in [0.25, 0.3) is 5.91 Å². The van der Waals surface area contributed by atoms with E-state index in [9.17, 15) is 14.0 Å². The number of carbonyl (C=O) groups is 2. The van der Waals surface area contributed by atoms with Gasteiger partial charge >= 0.3 is 6.03 Å². The lowest BCUT2D eigenvalue weighted by Crippen LogP contribution is -2.49. The van der Waals surface area contributed by atoms with Crippen molar-refractivity contribution in [1.29, 1.82) is 0 Å². The summed E-state index contributed by atoms with van der Waals surface area (Å²) in [6.45, 7) is 2.23. The molecule has 1 N–H and O–H groups in total. The number of benzene rings is 2. The number of hydrogen-bond acceptors (Lipinski definition) is 3. The Morgan fingerprint density at radius 3 is 2.50 bits per heavy atom. The van der Waals surface area contributed by atoms with Crippen molar-refractivity contribution in [2.75, 3.05) is 18.0 Å². The fourth-order valence-electron chi connectivity index (χ4n) is 3.45. The topological polar surface area (TPSA) is 52.7 Å². The van der Waals surface area contributed by atoms with Crippen LogP contribution < -0.4 is 10.2 Å². The zero-order valence-corrected chi connectivity index (χ0v) is 17.2. The lowest BCUT2D eigenvalue weighted by atomic mass is 10.1. The Morgan fingerprint density at radius 2 is 1.80 bits per heavy atom. The highest BCUT2D eigenvalue weighted by Gasteiger charge is 2.26. The Morgan fingerprint density at radius 1 is 1.03 bits per heavy atom. The summed E-state index contributed by atoms with van der Waals surface area (Å²) in [4.78, 5) is 29.9. The van der Waals surface area contributed by atoms with Gasteiger partial charge in [-0.2, -0.15) is 0 Å². The molecule has 1 aromatic heterocycles. The number of nitrogens with zero attached hydrogens (tertiary/aromatic N) is 2. The predicted molar refractivity (Wildman–Crippen MR) is 116 cm³/mol. The Kier molecular flexibility index (Phi) is 6.09. The van der Waals surface area contributed by atoms with Gasteiger partial charge in [0.2, 0.25) is 0 Å². The number of hydrogen-bond donors (Lipinski definition) is 1. The van der Waals surface area contributed by atoms with Crippen LogP contribution in [0.1, 0.15) is 27.2 Å². The molecule has 0 spiro atoms. The summed E-state index contributed by atoms with van der Waals surface area (Å²) < 4.78 is 13.1. The van der Waals surface area contributed by atoms with E-state index in [1.165, 1.54) is 12.1 Å². The van der Waals surface area contributed by atoms with Crippen LogP contribution in [-0.2, 0) is 13.1 Å². The van der Waals surface area contributed by atoms with Crippen molar-refractivity contribution < 1.29 is 14.0 Å². The number of anilines is 1. The zero-order valence-electron chi connectivity index (χ0n) is 16.4. The third kappa shape index (κ3) is 4.68. The molecular weight excluding hydrogens is 401 g/mol. The molecule has 0 atom stereocenters. The zero-order chi connectivity index (χ0) is 20.9. The standard InChI is InChI=1S/C23H22FN3O2S/c24-19-8-4-17(5-9-19)16-26-12-2-13-27(23(26)29)20-10-6-18(7-11-20)22(28)25-15-21-3-1-14-30-21/h1,3-11,14H,2,12-13,15-16H2,(H,25,28). The van der Waals surface area contributed by atoms with Gasteiger partial charge in [-0.3, -0.25) is 9.69 Å². The van der Waals surface area contributed by atoms with Crippen LogP contribution in [-0.4, -0.2) is 29.9 Å². The van der Waals surface area contributed by atoms with Gasteiger partial charge < -0.3 is 10.2 Å². The first-order valence-electron chi connectivity index (χ1n) is 9.82. The average Bonchev–Trinajstić information content (AvgIpc) is 3.29. The Hall–Kier alpha value is -3.19. The quantitative estimate of drug-likeness (QED) is 0.628. The van der Waals surface area contributed by atoms with Gasteiger partial charge in [0.1, 0.15) is 5.82 Å². The number of nitrogens with one attached hydrogen (secondary N) is 1. The molecule has 7 heteroatoms. The van der Waals surface area contributed by atoms with Crippen molar-refractivity contribution in [3.05, 3.63) is 87.9 Å². The summed E-state index contributed by atoms with van der Waals surface area (Å²) in [5, 5.41) is 4.88. The van der Waals surface area contributed by atoms with E-state index in [0.717, 1.165) is 22.5 Å². The van der Waals surface area contributed by atoms with E-state index in [-0.39, 0.29) is 17.8 Å². The first-order valence-corrected chi connectivity index (χ1v) is 10.7. The van der Waals surface area contributed by atoms with Gasteiger partial charge in [0.15, 0.2) is 0 Å². The number of halogens is 1. The van der Waals surface area contributed by atoms with Crippen LogP contribution in [0.3, 0.4) is 0 Å². The van der Waals surface area contributed by atoms with Crippen molar-refractivity contribution in [3.63, 3.8) is 0 Å². The smallest absolute Gasteiger partial charge is 0.324 e. The Bertz CT molecular complexity index is 1000. The van der Waals surface area contributed by atoms with Crippen molar-refractivity contribution in [2.24, 2.45) is 0 Å². The maximum absolute atomic E-state index is 13.1. The largest absolute Gasteiger partial charge is 0.347 e. The number of carbonyl (C=O) groups excluding carboxylic acids is 2. The molecule has 0 aliphatic carbocycles. The lowest BCUT2D eigenvalue weighted by Gasteiger charge is -2.35. The SMILES string of the molecule is O=C(NCc1cccs1)c1ccc(N2CCCN(Cc3ccc(F)cc3)C2=O)cc1. The third-order valence-electron chi connectivity index (χ3n) is 5.04. The Labute approximate surface area is 178 Å². The molecule has 1 fully saturated rings. The van der Waals surface area contributed by atoms with Crippen LogP contribution in [0, 0.1) is 5.82 Å². The van der Waals surface area contributed by atoms with Crippen molar-refractivity contribution in [3.8, 4) is 0 Å². The summed E-state index contributed by atoms with van der Waals surface area (Å²) in [5.41, 5.74) is 2.21. The van der Waals surface area contributed by atoms with E-state index in [0.29, 0.717) is 31.7 Å². The predicted octanol–water partition coefficient (Wildman–Crippen LogP) is 4.65. The highest BCUT2D eigenvalue weighted by Crippen LogP contribution is 2.22. The van der Waals surface area contributed by atoms with E-state index < -0.39 is 0 Å². The van der Waals surface area contributed by atoms with Crippen molar-refractivity contribution >= 4 is 29.0 Å². The molecule has 0 radical (unpaired) electrons. The fourth-order valence-corrected chi connectivity index (χ4v) is 4.10. The van der Waals surface area contributed by atoms with E-state index in [2.05, 4.69) is 5.32 Å². The molecule has 2 heterocycles. The second-order valence-electron chi connectivity index (χ2n) is 7.14. The molecular formula is C23H22FN3O2S. The van der Waals surface area contributed by atoms with Gasteiger partial charge in [-0.15, -0.1) is 11.3 Å². The molecule has 1 aliphatic rings. The lowest BCUT2D eigenvalue weighted by molar-refractivity contribution is 0.0951. The first-order chi connectivity index (χ1) is 14.6. The number of rotatable bonds is 6. The molecule has 3 amide bonds. The summed E-state index contributed by atoms with van der Waals surface area (Å²) >= 11 is 1.60. The summed E-state index contributed by atoms with van der Waals surface area (Å²) in [6, 6.07) is 17.2. The van der Waals surface area contributed by atoms with Crippen LogP contribution >= 0.6 is 11.3 Å². The van der Waals surface area contributed by atoms with E-state index in [1.54, 1.807) is 57.5 Å². The highest BCUT2D eigenvalue weighted by atomic mass is 32.1. The van der Waals surface area contributed by atoms with Gasteiger partial charge in [-0.1, -0.05) is 18.2 Å².